The smallest absolute Gasteiger partial charge is 0.337 e. The zero-order valence-corrected chi connectivity index (χ0v) is 14.4. The van der Waals surface area contributed by atoms with E-state index < -0.39 is 5.97 Å². The first-order chi connectivity index (χ1) is 12.1. The Morgan fingerprint density at radius 1 is 1.16 bits per heavy atom. The summed E-state index contributed by atoms with van der Waals surface area (Å²) in [6, 6.07) is 8.57. The van der Waals surface area contributed by atoms with Gasteiger partial charge in [-0.3, -0.25) is 9.69 Å². The summed E-state index contributed by atoms with van der Waals surface area (Å²) in [5.41, 5.74) is 1.79. The molecule has 0 atom stereocenters. The second-order valence-electron chi connectivity index (χ2n) is 6.07. The van der Waals surface area contributed by atoms with Gasteiger partial charge in [-0.05, 0) is 25.1 Å². The average Bonchev–Trinajstić information content (AvgIpc) is 3.06. The Morgan fingerprint density at radius 3 is 2.52 bits per heavy atom. The summed E-state index contributed by atoms with van der Waals surface area (Å²) in [6.45, 7) is 5.41. The van der Waals surface area contributed by atoms with Gasteiger partial charge >= 0.3 is 5.97 Å². The molecular formula is C18H21N3O4. The number of esters is 1. The van der Waals surface area contributed by atoms with Crippen molar-refractivity contribution in [2.75, 3.05) is 33.3 Å². The Hall–Kier alpha value is -2.67. The molecule has 1 aliphatic heterocycles. The zero-order chi connectivity index (χ0) is 17.8. The predicted molar refractivity (Wildman–Crippen MR) is 90.2 cm³/mol. The van der Waals surface area contributed by atoms with Crippen molar-refractivity contribution in [1.82, 2.24) is 15.0 Å². The topological polar surface area (TPSA) is 75.9 Å². The Bertz CT molecular complexity index is 763. The van der Waals surface area contributed by atoms with Gasteiger partial charge in [0, 0.05) is 44.4 Å². The normalized spacial score (nSPS) is 15.2. The summed E-state index contributed by atoms with van der Waals surface area (Å²) >= 11 is 0. The van der Waals surface area contributed by atoms with E-state index >= 15 is 0 Å². The number of carbonyl (C=O) groups is 2. The second kappa shape index (κ2) is 7.48. The number of nitrogens with zero attached hydrogens (tertiary/aromatic N) is 3. The van der Waals surface area contributed by atoms with Crippen molar-refractivity contribution in [3.8, 4) is 0 Å². The lowest BCUT2D eigenvalue weighted by molar-refractivity contribution is 0.0600. The number of hydrogen-bond donors (Lipinski definition) is 0. The molecule has 0 N–H and O–H groups in total. The highest BCUT2D eigenvalue weighted by Gasteiger charge is 2.23. The summed E-state index contributed by atoms with van der Waals surface area (Å²) in [6.07, 6.45) is 0. The molecule has 1 amide bonds. The number of amides is 1. The van der Waals surface area contributed by atoms with Crippen LogP contribution in [0.3, 0.4) is 0 Å². The van der Waals surface area contributed by atoms with Gasteiger partial charge in [0.1, 0.15) is 5.76 Å². The van der Waals surface area contributed by atoms with Gasteiger partial charge < -0.3 is 14.2 Å². The minimum Gasteiger partial charge on any atom is -0.465 e. The van der Waals surface area contributed by atoms with Crippen LogP contribution in [0.2, 0.25) is 0 Å². The quantitative estimate of drug-likeness (QED) is 0.787. The van der Waals surface area contributed by atoms with Gasteiger partial charge in [-0.1, -0.05) is 11.2 Å². The second-order valence-corrected chi connectivity index (χ2v) is 6.07. The van der Waals surface area contributed by atoms with Crippen LogP contribution in [-0.4, -0.2) is 60.1 Å². The molecule has 0 saturated carbocycles. The maximum Gasteiger partial charge on any atom is 0.337 e. The first-order valence-corrected chi connectivity index (χ1v) is 8.19. The van der Waals surface area contributed by atoms with E-state index in [0.717, 1.165) is 31.1 Å². The Balaban J connectivity index is 1.59. The minimum absolute atomic E-state index is 0.0670. The van der Waals surface area contributed by atoms with Crippen LogP contribution in [0.5, 0.6) is 0 Å². The highest BCUT2D eigenvalue weighted by atomic mass is 16.5. The van der Waals surface area contributed by atoms with Crippen LogP contribution in [0.1, 0.15) is 32.2 Å². The molecule has 1 aliphatic rings. The zero-order valence-electron chi connectivity index (χ0n) is 14.4. The molecule has 2 heterocycles. The van der Waals surface area contributed by atoms with Gasteiger partial charge in [-0.15, -0.1) is 0 Å². The van der Waals surface area contributed by atoms with Gasteiger partial charge in [0.05, 0.1) is 18.4 Å². The number of carbonyl (C=O) groups excluding carboxylic acids is 2. The van der Waals surface area contributed by atoms with E-state index in [-0.39, 0.29) is 5.91 Å². The molecule has 1 saturated heterocycles. The lowest BCUT2D eigenvalue weighted by Gasteiger charge is -2.34. The van der Waals surface area contributed by atoms with Gasteiger partial charge in [0.2, 0.25) is 0 Å². The molecule has 7 heteroatoms. The number of methoxy groups -OCH3 is 1. The number of benzene rings is 1. The Morgan fingerprint density at radius 2 is 1.88 bits per heavy atom. The van der Waals surface area contributed by atoms with Crippen LogP contribution in [0, 0.1) is 6.92 Å². The molecule has 7 nitrogen and oxygen atoms in total. The van der Waals surface area contributed by atoms with Crippen LogP contribution >= 0.6 is 0 Å². The molecule has 0 unspecified atom stereocenters. The van der Waals surface area contributed by atoms with E-state index in [9.17, 15) is 9.59 Å². The summed E-state index contributed by atoms with van der Waals surface area (Å²) < 4.78 is 9.79. The average molecular weight is 343 g/mol. The maximum atomic E-state index is 12.7. The summed E-state index contributed by atoms with van der Waals surface area (Å²) in [5, 5.41) is 4.00. The fourth-order valence-electron chi connectivity index (χ4n) is 2.91. The molecule has 0 spiro atoms. The predicted octanol–water partition coefficient (Wildman–Crippen LogP) is 1.73. The minimum atomic E-state index is -0.442. The van der Waals surface area contributed by atoms with E-state index in [4.69, 9.17) is 9.26 Å². The molecule has 1 aromatic carbocycles. The van der Waals surface area contributed by atoms with E-state index in [0.29, 0.717) is 24.2 Å². The van der Waals surface area contributed by atoms with E-state index in [1.165, 1.54) is 7.11 Å². The van der Waals surface area contributed by atoms with Crippen molar-refractivity contribution in [2.24, 2.45) is 0 Å². The third-order valence-electron chi connectivity index (χ3n) is 4.25. The van der Waals surface area contributed by atoms with E-state index in [1.807, 2.05) is 13.0 Å². The van der Waals surface area contributed by atoms with Gasteiger partial charge in [0.25, 0.3) is 5.91 Å². The maximum absolute atomic E-state index is 12.7. The van der Waals surface area contributed by atoms with Crippen LogP contribution in [0.15, 0.2) is 34.9 Å². The third kappa shape index (κ3) is 4.06. The number of ether oxygens (including phenoxy) is 1. The van der Waals surface area contributed by atoms with Gasteiger partial charge in [-0.2, -0.15) is 0 Å². The van der Waals surface area contributed by atoms with Crippen LogP contribution in [0.25, 0.3) is 0 Å². The first kappa shape index (κ1) is 17.2. The van der Waals surface area contributed by atoms with Crippen LogP contribution in [-0.2, 0) is 11.3 Å². The van der Waals surface area contributed by atoms with Crippen molar-refractivity contribution in [3.63, 3.8) is 0 Å². The lowest BCUT2D eigenvalue weighted by Crippen LogP contribution is -2.48. The van der Waals surface area contributed by atoms with Crippen molar-refractivity contribution < 1.29 is 18.8 Å². The number of aromatic nitrogens is 1. The number of piperazine rings is 1. The number of hydrogen-bond acceptors (Lipinski definition) is 6. The molecule has 0 bridgehead atoms. The highest BCUT2D eigenvalue weighted by molar-refractivity contribution is 5.98. The largest absolute Gasteiger partial charge is 0.465 e. The molecule has 132 valence electrons. The summed E-state index contributed by atoms with van der Waals surface area (Å²) in [5.74, 6) is 0.291. The molecule has 1 fully saturated rings. The molecule has 25 heavy (non-hydrogen) atoms. The van der Waals surface area contributed by atoms with E-state index in [2.05, 4.69) is 10.1 Å². The molecule has 2 aromatic rings. The standard InChI is InChI=1S/C18H21N3O4/c1-13-10-16(19-25-13)12-20-6-8-21(9-7-20)17(22)14-4-3-5-15(11-14)18(23)24-2/h3-5,10-11H,6-9,12H2,1-2H3. The van der Waals surface area contributed by atoms with Gasteiger partial charge in [-0.25, -0.2) is 4.79 Å². The molecule has 1 aromatic heterocycles. The molecular weight excluding hydrogens is 322 g/mol. The fraction of sp³-hybridized carbons (Fsp3) is 0.389. The first-order valence-electron chi connectivity index (χ1n) is 8.19. The van der Waals surface area contributed by atoms with E-state index in [1.54, 1.807) is 29.2 Å². The summed E-state index contributed by atoms with van der Waals surface area (Å²) in [7, 11) is 1.33. The summed E-state index contributed by atoms with van der Waals surface area (Å²) in [4.78, 5) is 28.3. The highest BCUT2D eigenvalue weighted by Crippen LogP contribution is 2.13. The van der Waals surface area contributed by atoms with Crippen molar-refractivity contribution in [3.05, 3.63) is 52.9 Å². The lowest BCUT2D eigenvalue weighted by atomic mass is 10.1. The Labute approximate surface area is 146 Å². The van der Waals surface area contributed by atoms with Crippen molar-refractivity contribution in [2.45, 2.75) is 13.5 Å². The molecule has 3 rings (SSSR count). The van der Waals surface area contributed by atoms with Crippen LogP contribution < -0.4 is 0 Å². The number of rotatable bonds is 4. The monoisotopic (exact) mass is 343 g/mol. The SMILES string of the molecule is COC(=O)c1cccc(C(=O)N2CCN(Cc3cc(C)on3)CC2)c1. The number of aryl methyl sites for hydroxylation is 1. The van der Waals surface area contributed by atoms with Crippen molar-refractivity contribution >= 4 is 11.9 Å². The van der Waals surface area contributed by atoms with Crippen LogP contribution in [0.4, 0.5) is 0 Å². The Kier molecular flexibility index (Phi) is 5.14. The third-order valence-corrected chi connectivity index (χ3v) is 4.25. The van der Waals surface area contributed by atoms with Gasteiger partial charge in [0.15, 0.2) is 0 Å². The fourth-order valence-corrected chi connectivity index (χ4v) is 2.91. The van der Waals surface area contributed by atoms with Crippen molar-refractivity contribution in [1.29, 1.82) is 0 Å². The molecule has 0 radical (unpaired) electrons. The molecule has 0 aliphatic carbocycles.